The number of nitrogens with one attached hydrogen (secondary N) is 3. The van der Waals surface area contributed by atoms with E-state index < -0.39 is 30.4 Å². The van der Waals surface area contributed by atoms with E-state index in [-0.39, 0.29) is 18.9 Å². The van der Waals surface area contributed by atoms with Crippen molar-refractivity contribution in [3.63, 3.8) is 0 Å². The molecule has 0 aromatic rings. The Kier molecular flexibility index (Phi) is 6.86. The average Bonchev–Trinajstić information content (AvgIpc) is 2.27. The van der Waals surface area contributed by atoms with Crippen LogP contribution in [-0.2, 0) is 14.4 Å². The second-order valence-electron chi connectivity index (χ2n) is 3.31. The van der Waals surface area contributed by atoms with Crippen LogP contribution in [0.1, 0.15) is 12.8 Å². The van der Waals surface area contributed by atoms with Gasteiger partial charge in [0.2, 0.25) is 5.91 Å². The summed E-state index contributed by atoms with van der Waals surface area (Å²) in [6.07, 6.45) is -0.682. The van der Waals surface area contributed by atoms with Crippen LogP contribution in [0.25, 0.3) is 0 Å². The highest BCUT2D eigenvalue weighted by atomic mass is 16.4. The summed E-state index contributed by atoms with van der Waals surface area (Å²) in [5.74, 6) is -3.07. The van der Waals surface area contributed by atoms with Crippen LogP contribution >= 0.6 is 0 Å². The maximum absolute atomic E-state index is 11.2. The van der Waals surface area contributed by atoms with Crippen LogP contribution in [-0.4, -0.2) is 53.7 Å². The van der Waals surface area contributed by atoms with Crippen molar-refractivity contribution >= 4 is 23.9 Å². The van der Waals surface area contributed by atoms with E-state index in [1.54, 1.807) is 0 Å². The molecule has 9 nitrogen and oxygen atoms in total. The van der Waals surface area contributed by atoms with E-state index in [0.29, 0.717) is 0 Å². The van der Waals surface area contributed by atoms with Crippen LogP contribution in [0.4, 0.5) is 4.79 Å². The highest BCUT2D eigenvalue weighted by molar-refractivity contribution is 5.86. The standard InChI is InChI=1S/C9H15N3O6/c1-10-6(13)2-3-11-9(18)12-5(8(16)17)4-7(14)15/h5H,2-4H2,1H3,(H,10,13)(H,14,15)(H,16,17)(H2,11,12,18). The molecule has 0 aliphatic carbocycles. The van der Waals surface area contributed by atoms with Gasteiger partial charge in [-0.05, 0) is 0 Å². The third kappa shape index (κ3) is 7.04. The molecule has 3 amide bonds. The Morgan fingerprint density at radius 3 is 2.22 bits per heavy atom. The van der Waals surface area contributed by atoms with Gasteiger partial charge >= 0.3 is 18.0 Å². The van der Waals surface area contributed by atoms with Gasteiger partial charge in [-0.15, -0.1) is 0 Å². The predicted molar refractivity (Wildman–Crippen MR) is 58.9 cm³/mol. The fraction of sp³-hybridized carbons (Fsp3) is 0.556. The van der Waals surface area contributed by atoms with Crippen molar-refractivity contribution in [1.82, 2.24) is 16.0 Å². The summed E-state index contributed by atoms with van der Waals surface area (Å²) in [7, 11) is 1.44. The van der Waals surface area contributed by atoms with Crippen molar-refractivity contribution in [1.29, 1.82) is 0 Å². The third-order valence-corrected chi connectivity index (χ3v) is 1.90. The van der Waals surface area contributed by atoms with Crippen LogP contribution in [0.15, 0.2) is 0 Å². The summed E-state index contributed by atoms with van der Waals surface area (Å²) in [5.41, 5.74) is 0. The summed E-state index contributed by atoms with van der Waals surface area (Å²) in [6, 6.07) is -2.35. The minimum Gasteiger partial charge on any atom is -0.481 e. The molecule has 0 aliphatic rings. The Hall–Kier alpha value is -2.32. The van der Waals surface area contributed by atoms with Gasteiger partial charge in [0.25, 0.3) is 0 Å². The number of carbonyl (C=O) groups excluding carboxylic acids is 2. The number of rotatable bonds is 7. The zero-order valence-corrected chi connectivity index (χ0v) is 9.73. The molecule has 9 heteroatoms. The molecule has 0 spiro atoms. The van der Waals surface area contributed by atoms with Gasteiger partial charge in [-0.25, -0.2) is 9.59 Å². The Morgan fingerprint density at radius 2 is 1.78 bits per heavy atom. The zero-order valence-electron chi connectivity index (χ0n) is 9.73. The molecular weight excluding hydrogens is 246 g/mol. The van der Waals surface area contributed by atoms with Gasteiger partial charge in [0, 0.05) is 20.0 Å². The van der Waals surface area contributed by atoms with E-state index in [0.717, 1.165) is 0 Å². The first kappa shape index (κ1) is 15.7. The number of carboxylic acids is 2. The summed E-state index contributed by atoms with van der Waals surface area (Å²) < 4.78 is 0. The number of urea groups is 1. The number of hydrogen-bond acceptors (Lipinski definition) is 4. The molecule has 0 radical (unpaired) electrons. The highest BCUT2D eigenvalue weighted by Gasteiger charge is 2.22. The molecule has 1 unspecified atom stereocenters. The molecule has 0 aliphatic heterocycles. The van der Waals surface area contributed by atoms with E-state index in [9.17, 15) is 19.2 Å². The molecule has 0 saturated carbocycles. The topological polar surface area (TPSA) is 145 Å². The first-order valence-electron chi connectivity index (χ1n) is 5.06. The summed E-state index contributed by atoms with van der Waals surface area (Å²) in [4.78, 5) is 43.0. The monoisotopic (exact) mass is 261 g/mol. The van der Waals surface area contributed by atoms with Crippen molar-refractivity contribution in [3.8, 4) is 0 Å². The van der Waals surface area contributed by atoms with Crippen LogP contribution in [0.2, 0.25) is 0 Å². The molecule has 1 atom stereocenters. The second-order valence-corrected chi connectivity index (χ2v) is 3.31. The van der Waals surface area contributed by atoms with Crippen molar-refractivity contribution < 1.29 is 29.4 Å². The molecule has 5 N–H and O–H groups in total. The molecule has 0 aromatic carbocycles. The molecule has 0 saturated heterocycles. The van der Waals surface area contributed by atoms with Crippen molar-refractivity contribution in [3.05, 3.63) is 0 Å². The van der Waals surface area contributed by atoms with Gasteiger partial charge in [0.05, 0.1) is 6.42 Å². The lowest BCUT2D eigenvalue weighted by molar-refractivity contribution is -0.145. The van der Waals surface area contributed by atoms with Gasteiger partial charge in [0.15, 0.2) is 0 Å². The number of carboxylic acid groups (broad SMARTS) is 2. The van der Waals surface area contributed by atoms with E-state index in [1.807, 2.05) is 5.32 Å². The average molecular weight is 261 g/mol. The van der Waals surface area contributed by atoms with E-state index in [1.165, 1.54) is 7.05 Å². The molecule has 0 rings (SSSR count). The van der Waals surface area contributed by atoms with E-state index in [4.69, 9.17) is 10.2 Å². The number of carbonyl (C=O) groups is 4. The van der Waals surface area contributed by atoms with Gasteiger partial charge in [-0.3, -0.25) is 9.59 Å². The van der Waals surface area contributed by atoms with Gasteiger partial charge in [-0.2, -0.15) is 0 Å². The van der Waals surface area contributed by atoms with Gasteiger partial charge in [0.1, 0.15) is 6.04 Å². The van der Waals surface area contributed by atoms with Gasteiger partial charge < -0.3 is 26.2 Å². The molecule has 0 bridgehead atoms. The fourth-order valence-electron chi connectivity index (χ4n) is 0.999. The second kappa shape index (κ2) is 7.87. The van der Waals surface area contributed by atoms with Crippen LogP contribution in [0, 0.1) is 0 Å². The lowest BCUT2D eigenvalue weighted by Gasteiger charge is -2.12. The Morgan fingerprint density at radius 1 is 1.17 bits per heavy atom. The fourth-order valence-corrected chi connectivity index (χ4v) is 0.999. The molecule has 18 heavy (non-hydrogen) atoms. The van der Waals surface area contributed by atoms with E-state index >= 15 is 0 Å². The van der Waals surface area contributed by atoms with Crippen molar-refractivity contribution in [2.45, 2.75) is 18.9 Å². The maximum Gasteiger partial charge on any atom is 0.326 e. The summed E-state index contributed by atoms with van der Waals surface area (Å²) >= 11 is 0. The lowest BCUT2D eigenvalue weighted by Crippen LogP contribution is -2.47. The first-order chi connectivity index (χ1) is 8.36. The predicted octanol–water partition coefficient (Wildman–Crippen LogP) is -1.65. The first-order valence-corrected chi connectivity index (χ1v) is 5.06. The summed E-state index contributed by atoms with van der Waals surface area (Å²) in [6.45, 7) is 0.0188. The highest BCUT2D eigenvalue weighted by Crippen LogP contribution is 1.92. The normalized spacial score (nSPS) is 11.2. The largest absolute Gasteiger partial charge is 0.481 e. The Bertz CT molecular complexity index is 343. The summed E-state index contributed by atoms with van der Waals surface area (Å²) in [5, 5.41) is 23.6. The number of hydrogen-bond donors (Lipinski definition) is 5. The molecule has 0 aromatic heterocycles. The number of aliphatic carboxylic acids is 2. The quantitative estimate of drug-likeness (QED) is 0.371. The van der Waals surface area contributed by atoms with E-state index in [2.05, 4.69) is 10.6 Å². The van der Waals surface area contributed by atoms with Crippen LogP contribution < -0.4 is 16.0 Å². The third-order valence-electron chi connectivity index (χ3n) is 1.90. The van der Waals surface area contributed by atoms with Crippen molar-refractivity contribution in [2.75, 3.05) is 13.6 Å². The maximum atomic E-state index is 11.2. The molecular formula is C9H15N3O6. The Labute approximate surface area is 103 Å². The smallest absolute Gasteiger partial charge is 0.326 e. The molecule has 0 fully saturated rings. The molecule has 102 valence electrons. The lowest BCUT2D eigenvalue weighted by atomic mass is 10.2. The minimum absolute atomic E-state index is 0.0188. The zero-order chi connectivity index (χ0) is 14.1. The minimum atomic E-state index is -1.51. The van der Waals surface area contributed by atoms with Crippen LogP contribution in [0.3, 0.4) is 0 Å². The van der Waals surface area contributed by atoms with Crippen molar-refractivity contribution in [2.24, 2.45) is 0 Å². The number of amides is 3. The SMILES string of the molecule is CNC(=O)CCNC(=O)NC(CC(=O)O)C(=O)O. The molecule has 0 heterocycles. The van der Waals surface area contributed by atoms with Gasteiger partial charge in [-0.1, -0.05) is 0 Å². The van der Waals surface area contributed by atoms with Crippen LogP contribution in [0.5, 0.6) is 0 Å². The Balaban J connectivity index is 4.06.